The first-order valence-electron chi connectivity index (χ1n) is 5.40. The minimum absolute atomic E-state index is 0.106. The zero-order valence-corrected chi connectivity index (χ0v) is 10.5. The van der Waals surface area contributed by atoms with Crippen molar-refractivity contribution in [3.05, 3.63) is 36.2 Å². The molecule has 0 aliphatic carbocycles. The average Bonchev–Trinajstić information content (AvgIpc) is 2.78. The number of methoxy groups -OCH3 is 1. The lowest BCUT2D eigenvalue weighted by molar-refractivity contribution is 0.104. The number of carbonyl (C=O) groups is 1. The Morgan fingerprint density at radius 3 is 2.89 bits per heavy atom. The molecular formula is C12H14N4O2. The molecule has 0 unspecified atom stereocenters. The molecule has 18 heavy (non-hydrogen) atoms. The molecule has 0 aliphatic rings. The highest BCUT2D eigenvalue weighted by Gasteiger charge is 2.11. The number of rotatable bonds is 4. The Morgan fingerprint density at radius 2 is 2.22 bits per heavy atom. The highest BCUT2D eigenvalue weighted by atomic mass is 16.5. The second-order valence-corrected chi connectivity index (χ2v) is 3.95. The lowest BCUT2D eigenvalue weighted by atomic mass is 10.2. The summed E-state index contributed by atoms with van der Waals surface area (Å²) in [6.45, 7) is 0. The number of carbonyl (C=O) groups excluding carboxylic acids is 1. The fraction of sp³-hybridized carbons (Fsp3) is 0.250. The van der Waals surface area contributed by atoms with Gasteiger partial charge in [0.15, 0.2) is 5.78 Å². The number of ether oxygens (including phenoxy) is 1. The van der Waals surface area contributed by atoms with Crippen molar-refractivity contribution in [1.82, 2.24) is 19.7 Å². The quantitative estimate of drug-likeness (QED) is 0.595. The van der Waals surface area contributed by atoms with Gasteiger partial charge in [0.1, 0.15) is 0 Å². The molecule has 0 fully saturated rings. The molecule has 94 valence electrons. The van der Waals surface area contributed by atoms with Gasteiger partial charge in [-0.3, -0.25) is 4.79 Å². The van der Waals surface area contributed by atoms with Crippen molar-refractivity contribution in [2.45, 2.75) is 0 Å². The van der Waals surface area contributed by atoms with E-state index in [2.05, 4.69) is 10.2 Å². The van der Waals surface area contributed by atoms with Crippen molar-refractivity contribution < 1.29 is 9.53 Å². The SMILES string of the molecule is COc1ccc2c(C(=O)/C=C/N(C)C)cnn2n1. The van der Waals surface area contributed by atoms with Gasteiger partial charge in [-0.05, 0) is 6.07 Å². The van der Waals surface area contributed by atoms with E-state index in [4.69, 9.17) is 4.74 Å². The summed E-state index contributed by atoms with van der Waals surface area (Å²) in [4.78, 5) is 13.7. The fourth-order valence-electron chi connectivity index (χ4n) is 1.47. The van der Waals surface area contributed by atoms with Gasteiger partial charge < -0.3 is 9.64 Å². The molecule has 0 aliphatic heterocycles. The maximum Gasteiger partial charge on any atom is 0.233 e. The van der Waals surface area contributed by atoms with Gasteiger partial charge in [-0.15, -0.1) is 9.73 Å². The van der Waals surface area contributed by atoms with E-state index in [0.29, 0.717) is 17.0 Å². The van der Waals surface area contributed by atoms with Crippen molar-refractivity contribution >= 4 is 11.3 Å². The Morgan fingerprint density at radius 1 is 1.44 bits per heavy atom. The van der Waals surface area contributed by atoms with Gasteiger partial charge in [-0.1, -0.05) is 0 Å². The van der Waals surface area contributed by atoms with Crippen molar-refractivity contribution in [3.63, 3.8) is 0 Å². The van der Waals surface area contributed by atoms with Gasteiger partial charge >= 0.3 is 0 Å². The van der Waals surface area contributed by atoms with E-state index in [1.54, 1.807) is 23.2 Å². The second kappa shape index (κ2) is 4.87. The fourth-order valence-corrected chi connectivity index (χ4v) is 1.47. The first kappa shape index (κ1) is 12.1. The van der Waals surface area contributed by atoms with Gasteiger partial charge in [0.25, 0.3) is 0 Å². The van der Waals surface area contributed by atoms with Gasteiger partial charge in [-0.25, -0.2) is 0 Å². The third-order valence-corrected chi connectivity index (χ3v) is 2.36. The molecule has 6 nitrogen and oxygen atoms in total. The number of fused-ring (bicyclic) bond motifs is 1. The Hall–Kier alpha value is -2.37. The smallest absolute Gasteiger partial charge is 0.233 e. The van der Waals surface area contributed by atoms with E-state index in [9.17, 15) is 4.79 Å². The summed E-state index contributed by atoms with van der Waals surface area (Å²) in [5.41, 5.74) is 1.17. The van der Waals surface area contributed by atoms with E-state index < -0.39 is 0 Å². The van der Waals surface area contributed by atoms with E-state index >= 15 is 0 Å². The lowest BCUT2D eigenvalue weighted by Crippen LogP contribution is -2.03. The maximum atomic E-state index is 12.0. The molecule has 0 atom stereocenters. The van der Waals surface area contributed by atoms with Crippen LogP contribution in [0.3, 0.4) is 0 Å². The summed E-state index contributed by atoms with van der Waals surface area (Å²) in [6.07, 6.45) is 4.70. The van der Waals surface area contributed by atoms with Crippen LogP contribution in [0.4, 0.5) is 0 Å². The monoisotopic (exact) mass is 246 g/mol. The molecule has 2 aromatic heterocycles. The topological polar surface area (TPSA) is 59.7 Å². The van der Waals surface area contributed by atoms with Crippen LogP contribution in [0.25, 0.3) is 5.52 Å². The van der Waals surface area contributed by atoms with Crippen LogP contribution in [0.2, 0.25) is 0 Å². The summed E-state index contributed by atoms with van der Waals surface area (Å²) in [6, 6.07) is 3.46. The third kappa shape index (κ3) is 2.32. The predicted molar refractivity (Wildman–Crippen MR) is 66.7 cm³/mol. The number of ketones is 1. The summed E-state index contributed by atoms with van der Waals surface area (Å²) in [5.74, 6) is 0.346. The second-order valence-electron chi connectivity index (χ2n) is 3.95. The molecule has 0 amide bonds. The maximum absolute atomic E-state index is 12.0. The Kier molecular flexibility index (Phi) is 3.27. The number of allylic oxidation sites excluding steroid dienone is 1. The zero-order valence-electron chi connectivity index (χ0n) is 10.5. The van der Waals surface area contributed by atoms with Crippen LogP contribution < -0.4 is 4.74 Å². The van der Waals surface area contributed by atoms with Crippen LogP contribution in [-0.2, 0) is 0 Å². The predicted octanol–water partition coefficient (Wildman–Crippen LogP) is 0.996. The molecule has 0 aromatic carbocycles. The molecule has 0 spiro atoms. The van der Waals surface area contributed by atoms with Gasteiger partial charge in [0.2, 0.25) is 5.88 Å². The third-order valence-electron chi connectivity index (χ3n) is 2.36. The highest BCUT2D eigenvalue weighted by Crippen LogP contribution is 2.14. The molecule has 0 N–H and O–H groups in total. The average molecular weight is 246 g/mol. The number of hydrogen-bond acceptors (Lipinski definition) is 5. The minimum atomic E-state index is -0.106. The van der Waals surface area contributed by atoms with Crippen LogP contribution in [0.5, 0.6) is 5.88 Å². The molecule has 0 radical (unpaired) electrons. The Balaban J connectivity index is 2.37. The summed E-state index contributed by atoms with van der Waals surface area (Å²) < 4.78 is 6.38. The summed E-state index contributed by atoms with van der Waals surface area (Å²) in [7, 11) is 5.24. The van der Waals surface area contributed by atoms with Crippen LogP contribution in [0.15, 0.2) is 30.6 Å². The summed E-state index contributed by atoms with van der Waals surface area (Å²) >= 11 is 0. The number of aromatic nitrogens is 3. The van der Waals surface area contributed by atoms with Crippen molar-refractivity contribution in [2.24, 2.45) is 0 Å². The molecule has 0 bridgehead atoms. The van der Waals surface area contributed by atoms with Gasteiger partial charge in [-0.2, -0.15) is 5.10 Å². The molecule has 0 saturated carbocycles. The molecule has 2 heterocycles. The lowest BCUT2D eigenvalue weighted by Gasteiger charge is -2.02. The van der Waals surface area contributed by atoms with Crippen LogP contribution in [-0.4, -0.2) is 46.7 Å². The Labute approximate surface area is 104 Å². The van der Waals surface area contributed by atoms with E-state index in [0.717, 1.165) is 0 Å². The van der Waals surface area contributed by atoms with Crippen LogP contribution in [0.1, 0.15) is 10.4 Å². The standard InChI is InChI=1S/C12H14N4O2/c1-15(2)7-6-11(17)9-8-13-16-10(9)4-5-12(14-16)18-3/h4-8H,1-3H3/b7-6+. The van der Waals surface area contributed by atoms with E-state index in [1.807, 2.05) is 14.1 Å². The molecule has 0 saturated heterocycles. The highest BCUT2D eigenvalue weighted by molar-refractivity contribution is 6.09. The van der Waals surface area contributed by atoms with Crippen molar-refractivity contribution in [1.29, 1.82) is 0 Å². The molecule has 2 rings (SSSR count). The number of hydrogen-bond donors (Lipinski definition) is 0. The van der Waals surface area contributed by atoms with Gasteiger partial charge in [0.05, 0.1) is 24.4 Å². The van der Waals surface area contributed by atoms with Crippen LogP contribution >= 0.6 is 0 Å². The van der Waals surface area contributed by atoms with Crippen molar-refractivity contribution in [3.8, 4) is 5.88 Å². The molecule has 6 heteroatoms. The van der Waals surface area contributed by atoms with Crippen molar-refractivity contribution in [2.75, 3.05) is 21.2 Å². The van der Waals surface area contributed by atoms with E-state index in [-0.39, 0.29) is 5.78 Å². The normalized spacial score (nSPS) is 11.1. The molecular weight excluding hydrogens is 232 g/mol. The zero-order chi connectivity index (χ0) is 13.1. The largest absolute Gasteiger partial charge is 0.480 e. The van der Waals surface area contributed by atoms with E-state index in [1.165, 1.54) is 24.0 Å². The molecule has 2 aromatic rings. The van der Waals surface area contributed by atoms with Gasteiger partial charge in [0, 0.05) is 32.4 Å². The number of nitrogens with zero attached hydrogens (tertiary/aromatic N) is 4. The van der Waals surface area contributed by atoms with Crippen LogP contribution in [0, 0.1) is 0 Å². The Bertz CT molecular complexity index is 601. The first-order valence-corrected chi connectivity index (χ1v) is 5.40. The minimum Gasteiger partial charge on any atom is -0.480 e. The first-order chi connectivity index (χ1) is 8.61. The summed E-state index contributed by atoms with van der Waals surface area (Å²) in [5, 5.41) is 8.12.